The van der Waals surface area contributed by atoms with E-state index in [9.17, 15) is 52.7 Å². The molecule has 0 amide bonds. The Bertz CT molecular complexity index is 3770. The first-order chi connectivity index (χ1) is 59.5. The number of carbonyl (C=O) groups excluding carboxylic acids is 10. The van der Waals surface area contributed by atoms with E-state index in [1.165, 1.54) is 47.2 Å². The van der Waals surface area contributed by atoms with E-state index in [2.05, 4.69) is 142 Å². The summed E-state index contributed by atoms with van der Waals surface area (Å²) in [6.07, 6.45) is 22.4. The zero-order valence-corrected chi connectivity index (χ0v) is 85.8. The lowest BCUT2D eigenvalue weighted by Gasteiger charge is -2.31. The Morgan fingerprint density at radius 1 is 0.414 bits per heavy atom. The second-order valence-corrected chi connectivity index (χ2v) is 35.1. The van der Waals surface area contributed by atoms with Crippen LogP contribution in [0.25, 0.3) is 0 Å². The Balaban J connectivity index is -0.000000325. The molecule has 0 saturated carbocycles. The second-order valence-electron chi connectivity index (χ2n) is 35.1. The van der Waals surface area contributed by atoms with Crippen molar-refractivity contribution in [2.75, 3.05) is 112 Å². The number of likely N-dealkylation sites (N-methyl/N-ethyl adjacent to an activating group) is 10. The van der Waals surface area contributed by atoms with Crippen molar-refractivity contribution < 1.29 is 63.0 Å². The van der Waals surface area contributed by atoms with Gasteiger partial charge in [-0.3, -0.25) is 67.5 Å². The van der Waals surface area contributed by atoms with E-state index in [-0.39, 0.29) is 116 Å². The Morgan fingerprint density at radius 3 is 1.03 bits per heavy atom. The van der Waals surface area contributed by atoms with Crippen molar-refractivity contribution >= 4 is 63.8 Å². The van der Waals surface area contributed by atoms with Crippen LogP contribution in [0.1, 0.15) is 237 Å². The highest BCUT2D eigenvalue weighted by Gasteiger charge is 2.33. The molecule has 4 aromatic carbocycles. The molecule has 4 rings (SSSR count). The summed E-state index contributed by atoms with van der Waals surface area (Å²) in [6, 6.07) is 30.9. The van der Waals surface area contributed by atoms with Crippen LogP contribution in [0.2, 0.25) is 0 Å². The average Bonchev–Trinajstić information content (AvgIpc) is 0.929. The molecule has 0 heterocycles. The number of nitrogens with one attached hydrogen (secondary N) is 5. The maximum atomic E-state index is 11.8. The molecule has 0 aliphatic rings. The van der Waals surface area contributed by atoms with Crippen molar-refractivity contribution in [3.05, 3.63) is 192 Å². The molecule has 0 spiro atoms. The van der Waals surface area contributed by atoms with Crippen LogP contribution in [-0.2, 0) is 73.6 Å². The lowest BCUT2D eigenvalue weighted by atomic mass is 9.84. The second kappa shape index (κ2) is 74.3. The highest BCUT2D eigenvalue weighted by atomic mass is 16.4. The Kier molecular flexibility index (Phi) is 75.6. The number of hydrogen-bond donors (Lipinski definition) is 7. The van der Waals surface area contributed by atoms with Gasteiger partial charge in [-0.25, -0.2) is 4.79 Å². The number of aryl methyl sites for hydroxylation is 3. The third kappa shape index (κ3) is 62.7. The SMILES string of the molecule is C=CCCCC(CCCC=C)(NC)C(C)=O.C=CCCC[C@@](C)(NC)C(C)=O.C=CCCC[C@](C)(NC)C(C)=O.CC(=O)CN(C)C.CC(=O)[C@H](CC(C)C)N(C)C.CC(=O)[C@H](Cc1cccc(C)c1)N(C)C.CC(=O)[C@H](Cc1ccccc1C)N(C)C.CC(=O)[C@H]([C@@H](C)O)N(C)C.CN[C@@H](Cc1ccc(C(=O)O)cc1)C(C)=O.CN[C@@H](Cc1ccc(C)cc1)C(C)=O. The van der Waals surface area contributed by atoms with Crippen LogP contribution < -0.4 is 26.6 Å². The van der Waals surface area contributed by atoms with Gasteiger partial charge in [0.2, 0.25) is 0 Å². The summed E-state index contributed by atoms with van der Waals surface area (Å²) in [7, 11) is 28.1. The molecule has 726 valence electrons. The molecule has 23 heteroatoms. The fraction of sp³-hybridized carbons (Fsp3) is 0.590. The van der Waals surface area contributed by atoms with Gasteiger partial charge < -0.3 is 41.7 Å². The lowest BCUT2D eigenvalue weighted by molar-refractivity contribution is -0.125. The van der Waals surface area contributed by atoms with Crippen molar-refractivity contribution in [1.82, 2.24) is 51.1 Å². The number of Topliss-reactive ketones (excluding diaryl/α,β-unsaturated/α-hetero) is 10. The standard InChI is InChI=1S/C14H25NO.2C13H19NO.C12H15NO3.C12H17NO.2C10H19NO.C9H19NO.C7H15NO2.C5H11NO/c1-5-7-9-11-14(15-4,13(3)16)12-10-8-6-2;1-10-6-5-7-12(8-10)9-13(11(2)15)14(3)4;1-10-7-5-6-8-12(10)9-13(11(2)15)14(3)4;1-8(14)11(13-2)7-9-3-5-10(6-4-9)12(15)16;1-9-4-6-11(7-5-9)8-12(13-3)10(2)14;2*1-5-6-7-8-10(3,11-4)9(2)12;1-7(2)6-9(8(3)11)10(4)5;1-5(9)7(6(2)10)8(3)4;1-5(7)4-6(2)3/h5-6,15H,1-2,7-12H2,3-4H3;2*5-8,13H,9H2,1-4H3;3-6,11,13H,7H2,1-2H3,(H,15,16);4-7,12-13H,8H2,1-3H3;2*5,11H,1,6-8H2,2-4H3;7,9H,6H2,1-5H3;5,7,9H,1-4H3;4H2,1-3H3/t;2*13-;11-;12-;2*10-;9-;5-,7+;/m.00001001./s1. The molecular formula is C105H178N10O13. The number of benzene rings is 4. The molecule has 0 aromatic heterocycles. The predicted octanol–water partition coefficient (Wildman–Crippen LogP) is 15.6. The number of carboxylic acids is 1. The number of aromatic carboxylic acids is 1. The number of rotatable bonds is 48. The van der Waals surface area contributed by atoms with E-state index in [0.717, 1.165) is 108 Å². The van der Waals surface area contributed by atoms with Gasteiger partial charge in [-0.05, 0) is 372 Å². The van der Waals surface area contributed by atoms with Gasteiger partial charge in [0.1, 0.15) is 57.8 Å². The number of hydrogen-bond acceptors (Lipinski definition) is 22. The predicted molar refractivity (Wildman–Crippen MR) is 537 cm³/mol. The molecule has 0 radical (unpaired) electrons. The fourth-order valence-corrected chi connectivity index (χ4v) is 13.3. The quantitative estimate of drug-likeness (QED) is 0.0160. The Morgan fingerprint density at radius 2 is 0.789 bits per heavy atom. The van der Waals surface area contributed by atoms with E-state index < -0.39 is 12.1 Å². The summed E-state index contributed by atoms with van der Waals surface area (Å²) in [5.41, 5.74) is 7.60. The van der Waals surface area contributed by atoms with Crippen LogP contribution >= 0.6 is 0 Å². The Hall–Kier alpha value is -8.43. The maximum absolute atomic E-state index is 11.8. The topological polar surface area (TPSA) is 305 Å². The minimum absolute atomic E-state index is 0.000000000000000666. The van der Waals surface area contributed by atoms with Crippen LogP contribution in [0.4, 0.5) is 0 Å². The van der Waals surface area contributed by atoms with Gasteiger partial charge in [-0.2, -0.15) is 0 Å². The zero-order valence-electron chi connectivity index (χ0n) is 85.8. The molecule has 128 heavy (non-hydrogen) atoms. The van der Waals surface area contributed by atoms with Gasteiger partial charge in [0.05, 0.1) is 71.1 Å². The molecule has 0 saturated heterocycles. The van der Waals surface area contributed by atoms with Crippen molar-refractivity contribution in [2.24, 2.45) is 5.92 Å². The molecule has 23 nitrogen and oxygen atoms in total. The van der Waals surface area contributed by atoms with Gasteiger partial charge in [-0.15, -0.1) is 26.3 Å². The van der Waals surface area contributed by atoms with Crippen LogP contribution in [0.3, 0.4) is 0 Å². The smallest absolute Gasteiger partial charge is 0.335 e. The number of carboxylic acid groups (broad SMARTS) is 1. The minimum atomic E-state index is -0.941. The number of ketones is 10. The summed E-state index contributed by atoms with van der Waals surface area (Å²) in [4.78, 5) is 132. The van der Waals surface area contributed by atoms with E-state index >= 15 is 0 Å². The number of carbonyl (C=O) groups is 11. The molecule has 0 aliphatic heterocycles. The first-order valence-electron chi connectivity index (χ1n) is 44.9. The van der Waals surface area contributed by atoms with Gasteiger partial charge in [0.15, 0.2) is 0 Å². The molecule has 0 aliphatic carbocycles. The van der Waals surface area contributed by atoms with Gasteiger partial charge in [0.25, 0.3) is 0 Å². The highest BCUT2D eigenvalue weighted by Crippen LogP contribution is 2.24. The molecule has 0 fully saturated rings. The highest BCUT2D eigenvalue weighted by molar-refractivity contribution is 5.89. The maximum Gasteiger partial charge on any atom is 0.335 e. The average molecular weight is 1790 g/mol. The summed E-state index contributed by atoms with van der Waals surface area (Å²) < 4.78 is 0. The normalized spacial score (nSPS) is 13.2. The van der Waals surface area contributed by atoms with E-state index in [0.29, 0.717) is 18.9 Å². The number of aliphatic hydroxyl groups excluding tert-OH is 1. The first-order valence-corrected chi connectivity index (χ1v) is 44.9. The van der Waals surface area contributed by atoms with Crippen LogP contribution in [-0.4, -0.2) is 270 Å². The fourth-order valence-electron chi connectivity index (χ4n) is 13.3. The number of nitrogens with zero attached hydrogens (tertiary/aromatic N) is 5. The Labute approximate surface area is 776 Å². The third-order valence-electron chi connectivity index (χ3n) is 22.0. The molecule has 9 atom stereocenters. The zero-order chi connectivity index (χ0) is 100. The van der Waals surface area contributed by atoms with Crippen LogP contribution in [0.5, 0.6) is 0 Å². The van der Waals surface area contributed by atoms with Crippen LogP contribution in [0, 0.1) is 26.7 Å². The molecule has 7 N–H and O–H groups in total. The van der Waals surface area contributed by atoms with E-state index in [1.54, 1.807) is 113 Å². The van der Waals surface area contributed by atoms with Crippen molar-refractivity contribution in [1.29, 1.82) is 0 Å². The van der Waals surface area contributed by atoms with Crippen molar-refractivity contribution in [3.8, 4) is 0 Å². The summed E-state index contributed by atoms with van der Waals surface area (Å²) in [6.45, 7) is 47.4. The number of allylic oxidation sites excluding steroid dienone is 4. The van der Waals surface area contributed by atoms with Gasteiger partial charge in [0, 0.05) is 0 Å². The third-order valence-corrected chi connectivity index (χ3v) is 22.0. The van der Waals surface area contributed by atoms with Crippen LogP contribution in [0.15, 0.2) is 148 Å². The van der Waals surface area contributed by atoms with E-state index in [4.69, 9.17) is 10.2 Å². The van der Waals surface area contributed by atoms with Gasteiger partial charge >= 0.3 is 5.97 Å². The first kappa shape index (κ1) is 130. The number of unbranched alkanes of at least 4 members (excludes halogenated alkanes) is 4. The summed E-state index contributed by atoms with van der Waals surface area (Å²) >= 11 is 0. The largest absolute Gasteiger partial charge is 0.478 e. The van der Waals surface area contributed by atoms with Crippen molar-refractivity contribution in [2.45, 2.75) is 293 Å². The summed E-state index contributed by atoms with van der Waals surface area (Å²) in [5.74, 6) is 1.48. The van der Waals surface area contributed by atoms with Gasteiger partial charge in [-0.1, -0.05) is 134 Å². The lowest BCUT2D eigenvalue weighted by Crippen LogP contribution is -2.49. The molecular weight excluding hydrogens is 1610 g/mol. The molecule has 0 unspecified atom stereocenters. The van der Waals surface area contributed by atoms with Crippen molar-refractivity contribution in [3.63, 3.8) is 0 Å². The molecule has 4 aromatic rings. The minimum Gasteiger partial charge on any atom is -0.478 e. The van der Waals surface area contributed by atoms with E-state index in [1.807, 2.05) is 161 Å². The number of aliphatic hydroxyl groups is 1. The monoisotopic (exact) mass is 1790 g/mol. The summed E-state index contributed by atoms with van der Waals surface area (Å²) in [5, 5.41) is 33.1. The molecule has 0 bridgehead atoms.